The highest BCUT2D eigenvalue weighted by molar-refractivity contribution is 7.89. The molecule has 1 amide bonds. The molecule has 3 rings (SSSR count). The zero-order valence-corrected chi connectivity index (χ0v) is 14.8. The number of sulfonamides is 1. The minimum absolute atomic E-state index is 0.0152. The fourth-order valence-electron chi connectivity index (χ4n) is 3.53. The summed E-state index contributed by atoms with van der Waals surface area (Å²) in [5.41, 5.74) is 1.65. The first kappa shape index (κ1) is 17.3. The van der Waals surface area contributed by atoms with Gasteiger partial charge in [-0.15, -0.1) is 0 Å². The zero-order chi connectivity index (χ0) is 17.5. The highest BCUT2D eigenvalue weighted by atomic mass is 32.2. The summed E-state index contributed by atoms with van der Waals surface area (Å²) >= 11 is 0. The van der Waals surface area contributed by atoms with Crippen LogP contribution in [0, 0.1) is 0 Å². The molecule has 0 saturated carbocycles. The lowest BCUT2D eigenvalue weighted by Gasteiger charge is -2.35. The Labute approximate surface area is 142 Å². The molecule has 3 N–H and O–H groups in total. The summed E-state index contributed by atoms with van der Waals surface area (Å²) in [5.74, 6) is 0.0540. The summed E-state index contributed by atoms with van der Waals surface area (Å²) in [6.07, 6.45) is 0.640. The normalized spacial score (nSPS) is 24.9. The van der Waals surface area contributed by atoms with Gasteiger partial charge in [-0.25, -0.2) is 13.6 Å². The molecule has 0 aliphatic carbocycles. The van der Waals surface area contributed by atoms with Gasteiger partial charge < -0.3 is 10.2 Å². The standard InChI is InChI=1S/C16H24N4O3S/c1-11-7-13-8-14(24(17,22)23)3-4-15(13)20(11)16(21)10-19-6-5-18-9-12(19)2/h3-4,8,11-12,18H,5-7,9-10H2,1-2H3,(H2,17,22,23)/t11?,12-/m0/s1. The number of primary sulfonamides is 1. The summed E-state index contributed by atoms with van der Waals surface area (Å²) in [4.78, 5) is 16.9. The number of rotatable bonds is 3. The van der Waals surface area contributed by atoms with Gasteiger partial charge in [0, 0.05) is 37.4 Å². The van der Waals surface area contributed by atoms with Crippen molar-refractivity contribution in [2.24, 2.45) is 5.14 Å². The zero-order valence-electron chi connectivity index (χ0n) is 14.0. The molecule has 1 aromatic rings. The Morgan fingerprint density at radius 2 is 2.08 bits per heavy atom. The summed E-state index contributed by atoms with van der Waals surface area (Å²) in [7, 11) is -3.73. The van der Waals surface area contributed by atoms with Crippen molar-refractivity contribution in [1.29, 1.82) is 0 Å². The van der Waals surface area contributed by atoms with E-state index in [-0.39, 0.29) is 16.8 Å². The number of nitrogens with zero attached hydrogens (tertiary/aromatic N) is 2. The Bertz CT molecular complexity index is 750. The van der Waals surface area contributed by atoms with E-state index in [1.54, 1.807) is 17.0 Å². The number of carbonyl (C=O) groups excluding carboxylic acids is 1. The number of nitrogens with one attached hydrogen (secondary N) is 1. The van der Waals surface area contributed by atoms with Crippen molar-refractivity contribution in [2.45, 2.75) is 37.2 Å². The number of anilines is 1. The predicted molar refractivity (Wildman–Crippen MR) is 92.4 cm³/mol. The maximum atomic E-state index is 12.8. The largest absolute Gasteiger partial charge is 0.314 e. The minimum atomic E-state index is -3.73. The average Bonchev–Trinajstić information content (AvgIpc) is 2.83. The second-order valence-corrected chi connectivity index (χ2v) is 8.24. The molecule has 8 heteroatoms. The van der Waals surface area contributed by atoms with E-state index < -0.39 is 10.0 Å². The molecule has 0 spiro atoms. The van der Waals surface area contributed by atoms with Crippen LogP contribution in [0.2, 0.25) is 0 Å². The number of hydrogen-bond donors (Lipinski definition) is 2. The number of carbonyl (C=O) groups is 1. The molecule has 1 aromatic carbocycles. The highest BCUT2D eigenvalue weighted by Crippen LogP contribution is 2.33. The van der Waals surface area contributed by atoms with E-state index in [0.717, 1.165) is 30.9 Å². The van der Waals surface area contributed by atoms with Crippen molar-refractivity contribution in [2.75, 3.05) is 31.1 Å². The monoisotopic (exact) mass is 352 g/mol. The summed E-state index contributed by atoms with van der Waals surface area (Å²) in [5, 5.41) is 8.51. The smallest absolute Gasteiger partial charge is 0.241 e. The van der Waals surface area contributed by atoms with Crippen LogP contribution in [0.25, 0.3) is 0 Å². The Balaban J connectivity index is 1.81. The highest BCUT2D eigenvalue weighted by Gasteiger charge is 2.33. The van der Waals surface area contributed by atoms with Crippen molar-refractivity contribution in [1.82, 2.24) is 10.2 Å². The molecule has 24 heavy (non-hydrogen) atoms. The predicted octanol–water partition coefficient (Wildman–Crippen LogP) is -0.0947. The lowest BCUT2D eigenvalue weighted by Crippen LogP contribution is -2.53. The van der Waals surface area contributed by atoms with E-state index in [2.05, 4.69) is 17.1 Å². The first-order valence-electron chi connectivity index (χ1n) is 8.20. The van der Waals surface area contributed by atoms with Crippen LogP contribution in [0.5, 0.6) is 0 Å². The van der Waals surface area contributed by atoms with Crippen molar-refractivity contribution >= 4 is 21.6 Å². The van der Waals surface area contributed by atoms with Crippen molar-refractivity contribution < 1.29 is 13.2 Å². The lowest BCUT2D eigenvalue weighted by atomic mass is 10.1. The van der Waals surface area contributed by atoms with Gasteiger partial charge in [-0.2, -0.15) is 0 Å². The van der Waals surface area contributed by atoms with E-state index in [0.29, 0.717) is 19.0 Å². The second kappa shape index (κ2) is 6.44. The first-order chi connectivity index (χ1) is 11.3. The van der Waals surface area contributed by atoms with Gasteiger partial charge in [-0.05, 0) is 44.0 Å². The summed E-state index contributed by atoms with van der Waals surface area (Å²) in [6, 6.07) is 5.09. The molecule has 1 fully saturated rings. The number of fused-ring (bicyclic) bond motifs is 1. The molecule has 0 radical (unpaired) electrons. The van der Waals surface area contributed by atoms with Crippen LogP contribution >= 0.6 is 0 Å². The Hall–Kier alpha value is -1.48. The lowest BCUT2D eigenvalue weighted by molar-refractivity contribution is -0.120. The third-order valence-corrected chi connectivity index (χ3v) is 5.75. The molecule has 0 bridgehead atoms. The molecular formula is C16H24N4O3S. The van der Waals surface area contributed by atoms with Crippen molar-refractivity contribution in [3.63, 3.8) is 0 Å². The van der Waals surface area contributed by atoms with Gasteiger partial charge in [0.05, 0.1) is 11.4 Å². The third-order valence-electron chi connectivity index (χ3n) is 4.84. The first-order valence-corrected chi connectivity index (χ1v) is 9.74. The average molecular weight is 352 g/mol. The van der Waals surface area contributed by atoms with Crippen LogP contribution < -0.4 is 15.4 Å². The molecular weight excluding hydrogens is 328 g/mol. The van der Waals surface area contributed by atoms with E-state index in [1.165, 1.54) is 6.07 Å². The van der Waals surface area contributed by atoms with Crippen LogP contribution in [0.3, 0.4) is 0 Å². The topological polar surface area (TPSA) is 95.7 Å². The number of nitrogens with two attached hydrogens (primary N) is 1. The van der Waals surface area contributed by atoms with Crippen LogP contribution in [0.15, 0.2) is 23.1 Å². The van der Waals surface area contributed by atoms with Crippen molar-refractivity contribution in [3.05, 3.63) is 23.8 Å². The maximum absolute atomic E-state index is 12.8. The molecule has 132 valence electrons. The molecule has 0 aromatic heterocycles. The molecule has 1 saturated heterocycles. The van der Waals surface area contributed by atoms with Gasteiger partial charge in [0.2, 0.25) is 15.9 Å². The van der Waals surface area contributed by atoms with Gasteiger partial charge in [0.1, 0.15) is 0 Å². The molecule has 1 unspecified atom stereocenters. The fraction of sp³-hybridized carbons (Fsp3) is 0.562. The van der Waals surface area contributed by atoms with Crippen LogP contribution in [0.1, 0.15) is 19.4 Å². The molecule has 2 aliphatic heterocycles. The SMILES string of the molecule is CC1Cc2cc(S(N)(=O)=O)ccc2N1C(=O)CN1CCNC[C@@H]1C. The van der Waals surface area contributed by atoms with E-state index >= 15 is 0 Å². The Morgan fingerprint density at radius 3 is 2.75 bits per heavy atom. The van der Waals surface area contributed by atoms with E-state index in [1.807, 2.05) is 6.92 Å². The Morgan fingerprint density at radius 1 is 1.33 bits per heavy atom. The molecule has 2 heterocycles. The van der Waals surface area contributed by atoms with Crippen molar-refractivity contribution in [3.8, 4) is 0 Å². The minimum Gasteiger partial charge on any atom is -0.314 e. The van der Waals surface area contributed by atoms with Gasteiger partial charge >= 0.3 is 0 Å². The van der Waals surface area contributed by atoms with Crippen LogP contribution in [0.4, 0.5) is 5.69 Å². The molecule has 7 nitrogen and oxygen atoms in total. The maximum Gasteiger partial charge on any atom is 0.241 e. The molecule has 2 aliphatic rings. The fourth-order valence-corrected chi connectivity index (χ4v) is 4.10. The van der Waals surface area contributed by atoms with E-state index in [9.17, 15) is 13.2 Å². The van der Waals surface area contributed by atoms with E-state index in [4.69, 9.17) is 5.14 Å². The summed E-state index contributed by atoms with van der Waals surface area (Å²) < 4.78 is 23.0. The number of amides is 1. The second-order valence-electron chi connectivity index (χ2n) is 6.68. The number of benzene rings is 1. The molecule has 2 atom stereocenters. The van der Waals surface area contributed by atoms with Gasteiger partial charge in [-0.3, -0.25) is 9.69 Å². The quantitative estimate of drug-likeness (QED) is 0.792. The third kappa shape index (κ3) is 3.32. The van der Waals surface area contributed by atoms with Gasteiger partial charge in [0.15, 0.2) is 0 Å². The number of piperazine rings is 1. The van der Waals surface area contributed by atoms with Gasteiger partial charge in [0.25, 0.3) is 0 Å². The van der Waals surface area contributed by atoms with Crippen LogP contribution in [-0.4, -0.2) is 57.5 Å². The van der Waals surface area contributed by atoms with Crippen LogP contribution in [-0.2, 0) is 21.2 Å². The summed E-state index contributed by atoms with van der Waals surface area (Å²) in [6.45, 7) is 7.10. The Kier molecular flexibility index (Phi) is 4.65. The van der Waals surface area contributed by atoms with Gasteiger partial charge in [-0.1, -0.05) is 0 Å². The number of hydrogen-bond acceptors (Lipinski definition) is 5.